The summed E-state index contributed by atoms with van der Waals surface area (Å²) in [5.41, 5.74) is 2.22. The summed E-state index contributed by atoms with van der Waals surface area (Å²) in [6, 6.07) is 13.8. The van der Waals surface area contributed by atoms with E-state index >= 15 is 0 Å². The van der Waals surface area contributed by atoms with Crippen LogP contribution >= 0.6 is 0 Å². The van der Waals surface area contributed by atoms with Gasteiger partial charge in [0.2, 0.25) is 0 Å². The first kappa shape index (κ1) is 21.3. The lowest BCUT2D eigenvalue weighted by Gasteiger charge is -2.37. The van der Waals surface area contributed by atoms with E-state index in [0.29, 0.717) is 5.56 Å². The summed E-state index contributed by atoms with van der Waals surface area (Å²) in [6.07, 6.45) is 4.92. The smallest absolute Gasteiger partial charge is 0.256 e. The van der Waals surface area contributed by atoms with Gasteiger partial charge in [0.1, 0.15) is 5.82 Å². The number of carbonyl (C=O) groups excluding carboxylic acids is 2. The number of halogens is 1. The van der Waals surface area contributed by atoms with E-state index < -0.39 is 0 Å². The van der Waals surface area contributed by atoms with Crippen LogP contribution in [0.25, 0.3) is 0 Å². The lowest BCUT2D eigenvalue weighted by Crippen LogP contribution is -2.46. The van der Waals surface area contributed by atoms with Crippen molar-refractivity contribution in [1.82, 2.24) is 10.2 Å². The van der Waals surface area contributed by atoms with E-state index in [9.17, 15) is 14.0 Å². The molecule has 2 heterocycles. The number of nitrogens with one attached hydrogen (secondary N) is 1. The molecule has 2 aliphatic heterocycles. The van der Waals surface area contributed by atoms with Crippen LogP contribution in [0.3, 0.4) is 0 Å². The van der Waals surface area contributed by atoms with E-state index in [0.717, 1.165) is 56.6 Å². The highest BCUT2D eigenvalue weighted by Crippen LogP contribution is 2.28. The molecule has 2 aromatic carbocycles. The molecular formula is C25H30FN3O2. The Balaban J connectivity index is 1.39. The van der Waals surface area contributed by atoms with Gasteiger partial charge in [0.25, 0.3) is 11.8 Å². The van der Waals surface area contributed by atoms with Crippen molar-refractivity contribution < 1.29 is 14.0 Å². The zero-order chi connectivity index (χ0) is 21.8. The Morgan fingerprint density at radius 1 is 0.935 bits per heavy atom. The largest absolute Gasteiger partial charge is 0.371 e. The van der Waals surface area contributed by atoms with Gasteiger partial charge in [-0.1, -0.05) is 12.1 Å². The topological polar surface area (TPSA) is 52.7 Å². The number of rotatable bonds is 4. The SMILES string of the molecule is CC1CCCCN1C(=O)c1ccccc1N1CCC(NC(=O)c2ccc(F)cc2)CC1. The molecule has 2 aromatic rings. The van der Waals surface area contributed by atoms with E-state index in [1.54, 1.807) is 0 Å². The van der Waals surface area contributed by atoms with Gasteiger partial charge in [-0.2, -0.15) is 0 Å². The highest BCUT2D eigenvalue weighted by Gasteiger charge is 2.28. The number of piperidine rings is 2. The van der Waals surface area contributed by atoms with Crippen LogP contribution in [0.2, 0.25) is 0 Å². The zero-order valence-corrected chi connectivity index (χ0v) is 18.0. The summed E-state index contributed by atoms with van der Waals surface area (Å²) in [4.78, 5) is 30.0. The first-order chi connectivity index (χ1) is 15.0. The Labute approximate surface area is 183 Å². The molecule has 2 aliphatic rings. The fraction of sp³-hybridized carbons (Fsp3) is 0.440. The number of hydrogen-bond acceptors (Lipinski definition) is 3. The van der Waals surface area contributed by atoms with Crippen LogP contribution in [0.5, 0.6) is 0 Å². The van der Waals surface area contributed by atoms with E-state index in [1.807, 2.05) is 29.2 Å². The number of nitrogens with zero attached hydrogens (tertiary/aromatic N) is 2. The minimum absolute atomic E-state index is 0.0683. The molecule has 164 valence electrons. The Bertz CT molecular complexity index is 923. The van der Waals surface area contributed by atoms with Crippen molar-refractivity contribution in [2.45, 2.75) is 51.1 Å². The third-order valence-electron chi connectivity index (χ3n) is 6.48. The maximum atomic E-state index is 13.3. The molecule has 0 aliphatic carbocycles. The predicted molar refractivity (Wildman–Crippen MR) is 120 cm³/mol. The second-order valence-corrected chi connectivity index (χ2v) is 8.60. The van der Waals surface area contributed by atoms with E-state index in [1.165, 1.54) is 30.7 Å². The normalized spacial score (nSPS) is 19.9. The van der Waals surface area contributed by atoms with Crippen molar-refractivity contribution in [2.75, 3.05) is 24.5 Å². The lowest BCUT2D eigenvalue weighted by atomic mass is 9.99. The van der Waals surface area contributed by atoms with Gasteiger partial charge in [-0.15, -0.1) is 0 Å². The number of likely N-dealkylation sites (tertiary alicyclic amines) is 1. The average Bonchev–Trinajstić information content (AvgIpc) is 2.80. The number of benzene rings is 2. The van der Waals surface area contributed by atoms with Gasteiger partial charge < -0.3 is 15.1 Å². The molecule has 0 bridgehead atoms. The van der Waals surface area contributed by atoms with Crippen molar-refractivity contribution in [2.24, 2.45) is 0 Å². The molecule has 1 atom stereocenters. The predicted octanol–water partition coefficient (Wildman–Crippen LogP) is 4.24. The van der Waals surface area contributed by atoms with Gasteiger partial charge >= 0.3 is 0 Å². The summed E-state index contributed by atoms with van der Waals surface area (Å²) in [7, 11) is 0. The average molecular weight is 424 g/mol. The van der Waals surface area contributed by atoms with Crippen LogP contribution in [0.15, 0.2) is 48.5 Å². The second-order valence-electron chi connectivity index (χ2n) is 8.60. The number of carbonyl (C=O) groups is 2. The number of anilines is 1. The van der Waals surface area contributed by atoms with Crippen molar-refractivity contribution >= 4 is 17.5 Å². The van der Waals surface area contributed by atoms with Crippen molar-refractivity contribution in [3.8, 4) is 0 Å². The molecule has 0 saturated carbocycles. The quantitative estimate of drug-likeness (QED) is 0.800. The summed E-state index contributed by atoms with van der Waals surface area (Å²) >= 11 is 0. The highest BCUT2D eigenvalue weighted by molar-refractivity contribution is 6.00. The van der Waals surface area contributed by atoms with Crippen molar-refractivity contribution in [3.05, 3.63) is 65.5 Å². The fourth-order valence-electron chi connectivity index (χ4n) is 4.62. The molecule has 0 aromatic heterocycles. The molecule has 5 nitrogen and oxygen atoms in total. The minimum Gasteiger partial charge on any atom is -0.371 e. The molecule has 0 spiro atoms. The second kappa shape index (κ2) is 9.50. The molecule has 31 heavy (non-hydrogen) atoms. The summed E-state index contributed by atoms with van der Waals surface area (Å²) in [5, 5.41) is 3.06. The molecule has 0 radical (unpaired) electrons. The Hall–Kier alpha value is -2.89. The number of hydrogen-bond donors (Lipinski definition) is 1. The van der Waals surface area contributed by atoms with Gasteiger partial charge in [0, 0.05) is 43.0 Å². The summed E-state index contributed by atoms with van der Waals surface area (Å²) < 4.78 is 13.1. The molecule has 4 rings (SSSR count). The number of para-hydroxylation sites is 1. The van der Waals surface area contributed by atoms with Crippen LogP contribution in [-0.4, -0.2) is 48.4 Å². The molecule has 2 fully saturated rings. The summed E-state index contributed by atoms with van der Waals surface area (Å²) in [5.74, 6) is -0.403. The first-order valence-corrected chi connectivity index (χ1v) is 11.2. The highest BCUT2D eigenvalue weighted by atomic mass is 19.1. The maximum Gasteiger partial charge on any atom is 0.256 e. The van der Waals surface area contributed by atoms with E-state index in [2.05, 4.69) is 17.1 Å². The van der Waals surface area contributed by atoms with Crippen molar-refractivity contribution in [3.63, 3.8) is 0 Å². The molecule has 6 heteroatoms. The third-order valence-corrected chi connectivity index (χ3v) is 6.48. The van der Waals surface area contributed by atoms with Crippen molar-refractivity contribution in [1.29, 1.82) is 0 Å². The Morgan fingerprint density at radius 3 is 2.35 bits per heavy atom. The maximum absolute atomic E-state index is 13.3. The van der Waals surface area contributed by atoms with Gasteiger partial charge in [0.15, 0.2) is 0 Å². The molecule has 2 amide bonds. The molecule has 2 saturated heterocycles. The van der Waals surface area contributed by atoms with Crippen LogP contribution < -0.4 is 10.2 Å². The van der Waals surface area contributed by atoms with E-state index in [4.69, 9.17) is 0 Å². The van der Waals surface area contributed by atoms with Gasteiger partial charge in [-0.05, 0) is 75.4 Å². The Morgan fingerprint density at radius 2 is 1.65 bits per heavy atom. The van der Waals surface area contributed by atoms with Gasteiger partial charge in [0.05, 0.1) is 5.56 Å². The third kappa shape index (κ3) is 4.89. The van der Waals surface area contributed by atoms with Crippen LogP contribution in [-0.2, 0) is 0 Å². The number of amides is 2. The molecule has 1 unspecified atom stereocenters. The van der Waals surface area contributed by atoms with Gasteiger partial charge in [-0.25, -0.2) is 4.39 Å². The Kier molecular flexibility index (Phi) is 6.54. The fourth-order valence-corrected chi connectivity index (χ4v) is 4.62. The van der Waals surface area contributed by atoms with Gasteiger partial charge in [-0.3, -0.25) is 9.59 Å². The van der Waals surface area contributed by atoms with Crippen LogP contribution in [0, 0.1) is 5.82 Å². The first-order valence-electron chi connectivity index (χ1n) is 11.2. The molecule has 1 N–H and O–H groups in total. The summed E-state index contributed by atoms with van der Waals surface area (Å²) in [6.45, 7) is 4.50. The lowest BCUT2D eigenvalue weighted by molar-refractivity contribution is 0.0636. The standard InChI is InChI=1S/C25H30FN3O2/c1-18-6-4-5-15-29(18)25(31)22-7-2-3-8-23(22)28-16-13-21(14-17-28)27-24(30)19-9-11-20(26)12-10-19/h2-3,7-12,18,21H,4-6,13-17H2,1H3,(H,27,30). The minimum atomic E-state index is -0.350. The van der Waals surface area contributed by atoms with Crippen LogP contribution in [0.4, 0.5) is 10.1 Å². The van der Waals surface area contributed by atoms with Crippen LogP contribution in [0.1, 0.15) is 59.7 Å². The molecular weight excluding hydrogens is 393 g/mol. The zero-order valence-electron chi connectivity index (χ0n) is 18.0. The van der Waals surface area contributed by atoms with E-state index in [-0.39, 0.29) is 29.7 Å². The monoisotopic (exact) mass is 423 g/mol.